The Morgan fingerprint density at radius 3 is 2.25 bits per heavy atom. The molecule has 0 bridgehead atoms. The number of carbonyl (C=O) groups is 2. The van der Waals surface area contributed by atoms with Crippen molar-refractivity contribution in [1.82, 2.24) is 10.6 Å². The molecule has 6 nitrogen and oxygen atoms in total. The predicted molar refractivity (Wildman–Crippen MR) is 129 cm³/mol. The number of carbonyl (C=O) groups excluding carboxylic acids is 2. The van der Waals surface area contributed by atoms with Gasteiger partial charge in [0.15, 0.2) is 0 Å². The van der Waals surface area contributed by atoms with Crippen LogP contribution in [0.4, 0.5) is 18.9 Å². The summed E-state index contributed by atoms with van der Waals surface area (Å²) in [6.45, 7) is 0.0859. The summed E-state index contributed by atoms with van der Waals surface area (Å²) < 4.78 is 48.4. The van der Waals surface area contributed by atoms with E-state index in [9.17, 15) is 22.8 Å². The van der Waals surface area contributed by atoms with Crippen LogP contribution in [0.15, 0.2) is 84.9 Å². The van der Waals surface area contributed by atoms with Gasteiger partial charge in [0, 0.05) is 24.9 Å². The summed E-state index contributed by atoms with van der Waals surface area (Å²) in [5.74, 6) is -1.65. The average Bonchev–Trinajstić information content (AvgIpc) is 3.04. The van der Waals surface area contributed by atoms with Crippen molar-refractivity contribution in [2.45, 2.75) is 30.3 Å². The topological polar surface area (TPSA) is 79.5 Å². The van der Waals surface area contributed by atoms with Crippen LogP contribution in [0.2, 0.25) is 0 Å². The normalized spacial score (nSPS) is 18.0. The van der Waals surface area contributed by atoms with Gasteiger partial charge in [-0.2, -0.15) is 13.2 Å². The first kappa shape index (κ1) is 25.2. The SMILES string of the molecule is CO[C@@](C(=O)N[C@@H](Cc1ccccc1)[C@H]1CNC(=O)c2ccccc2N1)(c1ccccc1)C(F)(F)F. The van der Waals surface area contributed by atoms with E-state index in [0.717, 1.165) is 12.7 Å². The fourth-order valence-electron chi connectivity index (χ4n) is 4.45. The quantitative estimate of drug-likeness (QED) is 0.461. The van der Waals surface area contributed by atoms with Gasteiger partial charge in [0.1, 0.15) is 0 Å². The summed E-state index contributed by atoms with van der Waals surface area (Å²) in [6.07, 6.45) is -4.82. The summed E-state index contributed by atoms with van der Waals surface area (Å²) in [5.41, 5.74) is -1.79. The maximum atomic E-state index is 14.5. The van der Waals surface area contributed by atoms with Gasteiger partial charge in [0.25, 0.3) is 17.4 Å². The molecule has 3 N–H and O–H groups in total. The Kier molecular flexibility index (Phi) is 7.30. The summed E-state index contributed by atoms with van der Waals surface area (Å²) in [5, 5.41) is 8.65. The minimum Gasteiger partial charge on any atom is -0.378 e. The fourth-order valence-corrected chi connectivity index (χ4v) is 4.45. The van der Waals surface area contributed by atoms with E-state index < -0.39 is 29.8 Å². The lowest BCUT2D eigenvalue weighted by atomic mass is 9.90. The van der Waals surface area contributed by atoms with Crippen molar-refractivity contribution >= 4 is 17.5 Å². The number of ether oxygens (including phenoxy) is 1. The number of anilines is 1. The van der Waals surface area contributed by atoms with Gasteiger partial charge >= 0.3 is 6.18 Å². The van der Waals surface area contributed by atoms with E-state index in [1.165, 1.54) is 24.3 Å². The van der Waals surface area contributed by atoms with Gasteiger partial charge in [-0.1, -0.05) is 72.8 Å². The number of para-hydroxylation sites is 1. The van der Waals surface area contributed by atoms with Crippen molar-refractivity contribution in [1.29, 1.82) is 0 Å². The molecule has 3 aromatic carbocycles. The van der Waals surface area contributed by atoms with E-state index in [1.54, 1.807) is 30.3 Å². The van der Waals surface area contributed by atoms with E-state index in [-0.39, 0.29) is 24.4 Å². The van der Waals surface area contributed by atoms with Crippen molar-refractivity contribution < 1.29 is 27.5 Å². The lowest BCUT2D eigenvalue weighted by molar-refractivity contribution is -0.266. The number of nitrogens with one attached hydrogen (secondary N) is 3. The molecule has 1 heterocycles. The minimum absolute atomic E-state index is 0.0859. The molecule has 0 saturated heterocycles. The molecular weight excluding hydrogens is 471 g/mol. The number of methoxy groups -OCH3 is 1. The summed E-state index contributed by atoms with van der Waals surface area (Å²) in [6, 6.07) is 21.3. The Labute approximate surface area is 206 Å². The van der Waals surface area contributed by atoms with Crippen LogP contribution in [-0.2, 0) is 21.6 Å². The molecule has 0 aliphatic carbocycles. The zero-order valence-corrected chi connectivity index (χ0v) is 19.5. The first-order valence-corrected chi connectivity index (χ1v) is 11.4. The minimum atomic E-state index is -5.04. The number of hydrogen-bond donors (Lipinski definition) is 3. The molecule has 3 atom stereocenters. The molecule has 9 heteroatoms. The Hall–Kier alpha value is -3.85. The largest absolute Gasteiger partial charge is 0.430 e. The van der Waals surface area contributed by atoms with Gasteiger partial charge in [-0.05, 0) is 24.1 Å². The van der Waals surface area contributed by atoms with Crippen LogP contribution < -0.4 is 16.0 Å². The number of rotatable bonds is 7. The lowest BCUT2D eigenvalue weighted by Crippen LogP contribution is -2.61. The van der Waals surface area contributed by atoms with Gasteiger partial charge in [-0.15, -0.1) is 0 Å². The number of amides is 2. The molecule has 0 spiro atoms. The van der Waals surface area contributed by atoms with Gasteiger partial charge in [-0.3, -0.25) is 9.59 Å². The van der Waals surface area contributed by atoms with Crippen molar-refractivity contribution in [3.05, 3.63) is 102 Å². The Morgan fingerprint density at radius 1 is 1.00 bits per heavy atom. The number of alkyl halides is 3. The molecule has 36 heavy (non-hydrogen) atoms. The second kappa shape index (κ2) is 10.4. The predicted octanol–water partition coefficient (Wildman–Crippen LogP) is 4.04. The number of halogens is 3. The molecule has 1 aliphatic heterocycles. The monoisotopic (exact) mass is 497 g/mol. The highest BCUT2D eigenvalue weighted by Gasteiger charge is 2.63. The van der Waals surface area contributed by atoms with Gasteiger partial charge in [0.2, 0.25) is 0 Å². The molecule has 3 aromatic rings. The van der Waals surface area contributed by atoms with Gasteiger partial charge < -0.3 is 20.7 Å². The van der Waals surface area contributed by atoms with Crippen molar-refractivity contribution in [3.8, 4) is 0 Å². The summed E-state index contributed by atoms with van der Waals surface area (Å²) in [7, 11) is 0.868. The highest BCUT2D eigenvalue weighted by molar-refractivity contribution is 6.00. The molecule has 1 aliphatic rings. The third kappa shape index (κ3) is 4.92. The third-order valence-electron chi connectivity index (χ3n) is 6.30. The Balaban J connectivity index is 1.72. The smallest absolute Gasteiger partial charge is 0.378 e. The number of benzene rings is 3. The van der Waals surface area contributed by atoms with Crippen LogP contribution in [0.3, 0.4) is 0 Å². The van der Waals surface area contributed by atoms with Crippen LogP contribution in [0.5, 0.6) is 0 Å². The van der Waals surface area contributed by atoms with Crippen LogP contribution in [-0.4, -0.2) is 43.7 Å². The fraction of sp³-hybridized carbons (Fsp3) is 0.259. The molecule has 0 radical (unpaired) electrons. The van der Waals surface area contributed by atoms with Crippen LogP contribution in [0.25, 0.3) is 0 Å². The van der Waals surface area contributed by atoms with E-state index in [1.807, 2.05) is 30.3 Å². The number of fused-ring (bicyclic) bond motifs is 1. The second-order valence-electron chi connectivity index (χ2n) is 8.53. The molecule has 0 unspecified atom stereocenters. The molecule has 2 amide bonds. The van der Waals surface area contributed by atoms with Crippen molar-refractivity contribution in [3.63, 3.8) is 0 Å². The lowest BCUT2D eigenvalue weighted by Gasteiger charge is -2.36. The highest BCUT2D eigenvalue weighted by Crippen LogP contribution is 2.42. The third-order valence-corrected chi connectivity index (χ3v) is 6.30. The van der Waals surface area contributed by atoms with E-state index in [4.69, 9.17) is 4.74 Å². The van der Waals surface area contributed by atoms with E-state index in [2.05, 4.69) is 16.0 Å². The van der Waals surface area contributed by atoms with Crippen LogP contribution in [0.1, 0.15) is 21.5 Å². The van der Waals surface area contributed by atoms with E-state index in [0.29, 0.717) is 11.3 Å². The van der Waals surface area contributed by atoms with Crippen molar-refractivity contribution in [2.24, 2.45) is 0 Å². The first-order valence-electron chi connectivity index (χ1n) is 11.4. The van der Waals surface area contributed by atoms with Gasteiger partial charge in [-0.25, -0.2) is 0 Å². The molecule has 0 aromatic heterocycles. The first-order chi connectivity index (χ1) is 17.3. The summed E-state index contributed by atoms with van der Waals surface area (Å²) >= 11 is 0. The standard InChI is InChI=1S/C27H26F3N3O3/c1-36-26(27(28,29)30,19-12-6-3-7-13-19)25(35)33-22(16-18-10-4-2-5-11-18)23-17-31-24(34)20-14-8-9-15-21(20)32-23/h2-15,22-23,32H,16-17H2,1H3,(H,31,34)(H,33,35)/t22-,23+,26+/m0/s1. The Bertz CT molecular complexity index is 1200. The average molecular weight is 498 g/mol. The van der Waals surface area contributed by atoms with Gasteiger partial charge in [0.05, 0.1) is 17.6 Å². The Morgan fingerprint density at radius 2 is 1.61 bits per heavy atom. The van der Waals surface area contributed by atoms with Crippen molar-refractivity contribution in [2.75, 3.05) is 19.0 Å². The zero-order valence-electron chi connectivity index (χ0n) is 19.5. The molecule has 4 rings (SSSR count). The molecule has 0 saturated carbocycles. The molecule has 188 valence electrons. The summed E-state index contributed by atoms with van der Waals surface area (Å²) in [4.78, 5) is 26.1. The number of hydrogen-bond acceptors (Lipinski definition) is 4. The van der Waals surface area contributed by atoms with E-state index >= 15 is 0 Å². The zero-order chi connectivity index (χ0) is 25.8. The maximum Gasteiger partial charge on any atom is 0.430 e. The van der Waals surface area contributed by atoms with Crippen LogP contribution >= 0.6 is 0 Å². The maximum absolute atomic E-state index is 14.5. The van der Waals surface area contributed by atoms with Crippen LogP contribution in [0, 0.1) is 0 Å². The molecule has 0 fully saturated rings. The highest BCUT2D eigenvalue weighted by atomic mass is 19.4. The molecular formula is C27H26F3N3O3. The second-order valence-corrected chi connectivity index (χ2v) is 8.53.